The second-order valence-electron chi connectivity index (χ2n) is 9.22. The summed E-state index contributed by atoms with van der Waals surface area (Å²) >= 11 is 12.6. The molecule has 2 aliphatic heterocycles. The number of ether oxygens (including phenoxy) is 2. The van der Waals surface area contributed by atoms with E-state index in [1.807, 2.05) is 31.3 Å². The van der Waals surface area contributed by atoms with Crippen LogP contribution in [0.2, 0.25) is 10.0 Å². The number of H-pyrrole nitrogens is 1. The van der Waals surface area contributed by atoms with E-state index in [-0.39, 0.29) is 6.10 Å². The van der Waals surface area contributed by atoms with E-state index in [2.05, 4.69) is 36.1 Å². The van der Waals surface area contributed by atoms with Gasteiger partial charge in [0.2, 0.25) is 0 Å². The summed E-state index contributed by atoms with van der Waals surface area (Å²) in [7, 11) is 0. The van der Waals surface area contributed by atoms with Crippen molar-refractivity contribution in [1.82, 2.24) is 29.9 Å². The molecule has 1 atom stereocenters. The molecule has 182 valence electrons. The van der Waals surface area contributed by atoms with Gasteiger partial charge >= 0.3 is 0 Å². The van der Waals surface area contributed by atoms with Crippen LogP contribution in [0.1, 0.15) is 37.5 Å². The second kappa shape index (κ2) is 9.43. The molecule has 0 aliphatic carbocycles. The van der Waals surface area contributed by atoms with E-state index in [0.717, 1.165) is 61.3 Å². The van der Waals surface area contributed by atoms with Gasteiger partial charge in [0.25, 0.3) is 0 Å². The Labute approximate surface area is 213 Å². The van der Waals surface area contributed by atoms with E-state index in [0.29, 0.717) is 33.4 Å². The van der Waals surface area contributed by atoms with E-state index >= 15 is 0 Å². The van der Waals surface area contributed by atoms with Crippen LogP contribution in [0.3, 0.4) is 0 Å². The van der Waals surface area contributed by atoms with Gasteiger partial charge in [-0.1, -0.05) is 23.2 Å². The van der Waals surface area contributed by atoms with Gasteiger partial charge in [0.05, 0.1) is 47.1 Å². The molecule has 8 nitrogen and oxygen atoms in total. The topological polar surface area (TPSA) is 81.1 Å². The number of fused-ring (bicyclic) bond motifs is 1. The van der Waals surface area contributed by atoms with Crippen molar-refractivity contribution in [2.24, 2.45) is 0 Å². The molecule has 0 saturated carbocycles. The van der Waals surface area contributed by atoms with Crippen LogP contribution >= 0.6 is 23.2 Å². The fraction of sp³-hybridized carbons (Fsp3) is 0.400. The highest BCUT2D eigenvalue weighted by molar-refractivity contribution is 6.35. The fourth-order valence-corrected chi connectivity index (χ4v) is 5.64. The molecule has 0 radical (unpaired) electrons. The Morgan fingerprint density at radius 1 is 1.09 bits per heavy atom. The highest BCUT2D eigenvalue weighted by atomic mass is 35.5. The van der Waals surface area contributed by atoms with E-state index in [1.165, 1.54) is 0 Å². The molecular formula is C25H26Cl2N6O2. The lowest BCUT2D eigenvalue weighted by atomic mass is 10.0. The van der Waals surface area contributed by atoms with Gasteiger partial charge in [-0.3, -0.25) is 19.7 Å². The maximum absolute atomic E-state index is 6.31. The molecule has 2 aliphatic rings. The summed E-state index contributed by atoms with van der Waals surface area (Å²) in [6.07, 6.45) is 8.99. The smallest absolute Gasteiger partial charge is 0.124 e. The number of pyridine rings is 1. The van der Waals surface area contributed by atoms with Gasteiger partial charge in [-0.2, -0.15) is 10.2 Å². The average molecular weight is 513 g/mol. The number of halogens is 2. The quantitative estimate of drug-likeness (QED) is 0.377. The molecule has 6 rings (SSSR count). The molecule has 1 N–H and O–H groups in total. The van der Waals surface area contributed by atoms with Crippen LogP contribution in [0, 0.1) is 0 Å². The van der Waals surface area contributed by atoms with Gasteiger partial charge in [-0.05, 0) is 38.0 Å². The van der Waals surface area contributed by atoms with Crippen molar-refractivity contribution in [3.8, 4) is 17.0 Å². The van der Waals surface area contributed by atoms with E-state index in [9.17, 15) is 0 Å². The second-order valence-corrected chi connectivity index (χ2v) is 10.0. The minimum atomic E-state index is -0.342. The van der Waals surface area contributed by atoms with Crippen molar-refractivity contribution in [3.63, 3.8) is 0 Å². The summed E-state index contributed by atoms with van der Waals surface area (Å²) < 4.78 is 13.6. The minimum absolute atomic E-state index is 0.342. The summed E-state index contributed by atoms with van der Waals surface area (Å²) in [6, 6.07) is 6.87. The summed E-state index contributed by atoms with van der Waals surface area (Å²) in [5.74, 6) is 0.705. The lowest BCUT2D eigenvalue weighted by Crippen LogP contribution is -2.51. The molecule has 4 aromatic rings. The maximum Gasteiger partial charge on any atom is 0.124 e. The zero-order valence-corrected chi connectivity index (χ0v) is 20.8. The first-order valence-electron chi connectivity index (χ1n) is 11.9. The maximum atomic E-state index is 6.31. The Bertz CT molecular complexity index is 1320. The molecule has 3 aromatic heterocycles. The molecule has 1 unspecified atom stereocenters. The predicted molar refractivity (Wildman–Crippen MR) is 135 cm³/mol. The van der Waals surface area contributed by atoms with Gasteiger partial charge < -0.3 is 9.47 Å². The highest BCUT2D eigenvalue weighted by Crippen LogP contribution is 2.35. The molecule has 35 heavy (non-hydrogen) atoms. The number of benzene rings is 1. The van der Waals surface area contributed by atoms with Crippen molar-refractivity contribution < 1.29 is 9.47 Å². The van der Waals surface area contributed by atoms with Gasteiger partial charge in [-0.15, -0.1) is 0 Å². The molecule has 0 amide bonds. The number of nitrogens with zero attached hydrogens (tertiary/aromatic N) is 5. The van der Waals surface area contributed by atoms with Gasteiger partial charge in [0.15, 0.2) is 0 Å². The lowest BCUT2D eigenvalue weighted by Gasteiger charge is -2.41. The number of hydrogen-bond acceptors (Lipinski definition) is 6. The van der Waals surface area contributed by atoms with Crippen LogP contribution in [-0.4, -0.2) is 62.2 Å². The zero-order chi connectivity index (χ0) is 23.9. The van der Waals surface area contributed by atoms with Crippen LogP contribution in [0.25, 0.3) is 22.2 Å². The third-order valence-corrected chi connectivity index (χ3v) is 7.63. The number of piperidine rings is 1. The van der Waals surface area contributed by atoms with Crippen molar-refractivity contribution in [1.29, 1.82) is 0 Å². The summed E-state index contributed by atoms with van der Waals surface area (Å²) in [5, 5.41) is 14.3. The molecule has 2 fully saturated rings. The first-order chi connectivity index (χ1) is 17.1. The molecule has 0 bridgehead atoms. The number of rotatable bonds is 6. The fourth-order valence-electron chi connectivity index (χ4n) is 4.97. The van der Waals surface area contributed by atoms with Crippen LogP contribution in [0.15, 0.2) is 43.0 Å². The largest absolute Gasteiger partial charge is 0.486 e. The normalized spacial score (nSPS) is 18.6. The number of nitrogens with one attached hydrogen (secondary N) is 1. The standard InChI is InChI=1S/C25H26Cl2N6O2/c1-15(24-21(26)10-28-11-22(24)27)35-19-2-3-23-20(8-19)25(31-30-23)16-9-29-33(12-16)17-4-6-32(7-5-17)18-13-34-14-18/h2-3,8-12,15,17-18H,4-7,13-14H2,1H3,(H,30,31). The number of aromatic amines is 1. The van der Waals surface area contributed by atoms with Crippen molar-refractivity contribution >= 4 is 34.1 Å². The number of likely N-dealkylation sites (tertiary alicyclic amines) is 1. The summed E-state index contributed by atoms with van der Waals surface area (Å²) in [5.41, 5.74) is 3.49. The highest BCUT2D eigenvalue weighted by Gasteiger charge is 2.30. The predicted octanol–water partition coefficient (Wildman–Crippen LogP) is 5.30. The average Bonchev–Trinajstić information content (AvgIpc) is 3.45. The minimum Gasteiger partial charge on any atom is -0.486 e. The SMILES string of the molecule is CC(Oc1ccc2[nH]nc(-c3cnn(C4CCN(C5COC5)CC4)c3)c2c1)c1c(Cl)cncc1Cl. The van der Waals surface area contributed by atoms with Crippen LogP contribution < -0.4 is 4.74 Å². The van der Waals surface area contributed by atoms with Crippen LogP contribution in [0.5, 0.6) is 5.75 Å². The van der Waals surface area contributed by atoms with E-state index < -0.39 is 0 Å². The monoisotopic (exact) mass is 512 g/mol. The van der Waals surface area contributed by atoms with E-state index in [1.54, 1.807) is 12.4 Å². The Hall–Kier alpha value is -2.65. The molecule has 2 saturated heterocycles. The molecule has 5 heterocycles. The van der Waals surface area contributed by atoms with E-state index in [4.69, 9.17) is 32.7 Å². The van der Waals surface area contributed by atoms with Crippen molar-refractivity contribution in [3.05, 3.63) is 58.6 Å². The van der Waals surface area contributed by atoms with Gasteiger partial charge in [0, 0.05) is 48.2 Å². The third kappa shape index (κ3) is 4.40. The number of hydrogen-bond donors (Lipinski definition) is 1. The lowest BCUT2D eigenvalue weighted by molar-refractivity contribution is -0.0734. The number of aromatic nitrogens is 5. The molecule has 1 aromatic carbocycles. The summed E-state index contributed by atoms with van der Waals surface area (Å²) in [6.45, 7) is 5.83. The molecular weight excluding hydrogens is 487 g/mol. The zero-order valence-electron chi connectivity index (χ0n) is 19.3. The Morgan fingerprint density at radius 3 is 2.57 bits per heavy atom. The van der Waals surface area contributed by atoms with Crippen molar-refractivity contribution in [2.75, 3.05) is 26.3 Å². The van der Waals surface area contributed by atoms with Crippen LogP contribution in [0.4, 0.5) is 0 Å². The third-order valence-electron chi connectivity index (χ3n) is 7.03. The first kappa shape index (κ1) is 22.8. The van der Waals surface area contributed by atoms with Gasteiger partial charge in [0.1, 0.15) is 17.5 Å². The Morgan fingerprint density at radius 2 is 1.86 bits per heavy atom. The molecule has 10 heteroatoms. The molecule has 0 spiro atoms. The Kier molecular flexibility index (Phi) is 6.14. The van der Waals surface area contributed by atoms with Crippen LogP contribution in [-0.2, 0) is 4.74 Å². The Balaban J connectivity index is 1.20. The van der Waals surface area contributed by atoms with Crippen molar-refractivity contribution in [2.45, 2.75) is 38.0 Å². The first-order valence-corrected chi connectivity index (χ1v) is 12.6. The van der Waals surface area contributed by atoms with Gasteiger partial charge in [-0.25, -0.2) is 0 Å². The summed E-state index contributed by atoms with van der Waals surface area (Å²) in [4.78, 5) is 6.56.